The van der Waals surface area contributed by atoms with Crippen LogP contribution in [0.5, 0.6) is 0 Å². The van der Waals surface area contributed by atoms with Crippen LogP contribution >= 0.6 is 11.8 Å². The molecule has 1 rings (SSSR count). The van der Waals surface area contributed by atoms with Crippen LogP contribution in [0.3, 0.4) is 0 Å². The van der Waals surface area contributed by atoms with E-state index in [4.69, 9.17) is 0 Å². The Morgan fingerprint density at radius 2 is 1.83 bits per heavy atom. The third-order valence-electron chi connectivity index (χ3n) is 2.56. The van der Waals surface area contributed by atoms with E-state index in [0.717, 1.165) is 11.7 Å². The zero-order valence-corrected chi connectivity index (χ0v) is 8.74. The molecule has 0 unspecified atom stereocenters. The molecule has 1 saturated carbocycles. The first-order chi connectivity index (χ1) is 5.93. The van der Waals surface area contributed by atoms with Crippen molar-refractivity contribution in [1.82, 2.24) is 0 Å². The van der Waals surface area contributed by atoms with E-state index < -0.39 is 0 Å². The number of hydrogen-bond donors (Lipinski definition) is 0. The van der Waals surface area contributed by atoms with Crippen molar-refractivity contribution < 1.29 is 0 Å². The van der Waals surface area contributed by atoms with Crippen molar-refractivity contribution in [3.8, 4) is 0 Å². The summed E-state index contributed by atoms with van der Waals surface area (Å²) in [7, 11) is 0. The van der Waals surface area contributed by atoms with Crippen molar-refractivity contribution in [2.24, 2.45) is 5.92 Å². The minimum absolute atomic E-state index is 1.01. The lowest BCUT2D eigenvalue weighted by molar-refractivity contribution is 0.513. The molecule has 0 aromatic rings. The maximum Gasteiger partial charge on any atom is 0.0110 e. The summed E-state index contributed by atoms with van der Waals surface area (Å²) in [6.45, 7) is 3.74. The molecule has 0 aliphatic heterocycles. The van der Waals surface area contributed by atoms with Gasteiger partial charge in [0, 0.05) is 5.75 Å². The van der Waals surface area contributed by atoms with Gasteiger partial charge in [-0.25, -0.2) is 0 Å². The van der Waals surface area contributed by atoms with Crippen LogP contribution in [0, 0.1) is 5.92 Å². The van der Waals surface area contributed by atoms with Gasteiger partial charge in [-0.15, -0.1) is 6.58 Å². The molecule has 0 aromatic carbocycles. The summed E-state index contributed by atoms with van der Waals surface area (Å²) in [5, 5.41) is 0. The van der Waals surface area contributed by atoms with Crippen LogP contribution in [-0.4, -0.2) is 11.5 Å². The molecule has 0 heterocycles. The topological polar surface area (TPSA) is 0 Å². The van der Waals surface area contributed by atoms with Crippen LogP contribution in [0.1, 0.15) is 38.5 Å². The number of hydrogen-bond acceptors (Lipinski definition) is 1. The lowest BCUT2D eigenvalue weighted by Crippen LogP contribution is -2.01. The van der Waals surface area contributed by atoms with Gasteiger partial charge in [-0.3, -0.25) is 0 Å². The molecule has 0 radical (unpaired) electrons. The molecule has 12 heavy (non-hydrogen) atoms. The van der Waals surface area contributed by atoms with Crippen molar-refractivity contribution in [3.63, 3.8) is 0 Å². The third kappa shape index (κ3) is 4.20. The highest BCUT2D eigenvalue weighted by atomic mass is 32.2. The van der Waals surface area contributed by atoms with Crippen LogP contribution in [-0.2, 0) is 0 Å². The highest BCUT2D eigenvalue weighted by Gasteiger charge is 2.11. The van der Waals surface area contributed by atoms with Gasteiger partial charge in [0.05, 0.1) is 0 Å². The maximum atomic E-state index is 3.74. The Morgan fingerprint density at radius 1 is 1.17 bits per heavy atom. The van der Waals surface area contributed by atoms with E-state index in [2.05, 4.69) is 18.3 Å². The molecule has 1 heteroatoms. The van der Waals surface area contributed by atoms with E-state index in [9.17, 15) is 0 Å². The first-order valence-electron chi connectivity index (χ1n) is 5.12. The van der Waals surface area contributed by atoms with Crippen LogP contribution in [0.4, 0.5) is 0 Å². The Kier molecular flexibility index (Phi) is 5.59. The largest absolute Gasteiger partial charge is 0.158 e. The van der Waals surface area contributed by atoms with Gasteiger partial charge in [-0.2, -0.15) is 11.8 Å². The second kappa shape index (κ2) is 6.59. The van der Waals surface area contributed by atoms with E-state index in [1.807, 2.05) is 6.08 Å². The minimum atomic E-state index is 1.01. The average molecular weight is 184 g/mol. The van der Waals surface area contributed by atoms with E-state index in [-0.39, 0.29) is 0 Å². The maximum absolute atomic E-state index is 3.74. The zero-order chi connectivity index (χ0) is 8.65. The molecular formula is C11H20S. The average Bonchev–Trinajstić information content (AvgIpc) is 2.33. The van der Waals surface area contributed by atoms with E-state index in [1.165, 1.54) is 44.3 Å². The van der Waals surface area contributed by atoms with E-state index in [1.54, 1.807) is 0 Å². The predicted molar refractivity (Wildman–Crippen MR) is 58.7 cm³/mol. The van der Waals surface area contributed by atoms with Crippen LogP contribution in [0.15, 0.2) is 12.7 Å². The second-order valence-corrected chi connectivity index (χ2v) is 4.76. The molecule has 0 spiro atoms. The van der Waals surface area contributed by atoms with Crippen LogP contribution < -0.4 is 0 Å². The minimum Gasteiger partial charge on any atom is -0.158 e. The van der Waals surface area contributed by atoms with E-state index in [0.29, 0.717) is 0 Å². The number of thioether (sulfide) groups is 1. The molecule has 0 aromatic heterocycles. The first-order valence-corrected chi connectivity index (χ1v) is 6.27. The fourth-order valence-electron chi connectivity index (χ4n) is 1.85. The normalized spacial score (nSPS) is 20.3. The molecule has 0 amide bonds. The van der Waals surface area contributed by atoms with Gasteiger partial charge in [0.25, 0.3) is 0 Å². The first kappa shape index (κ1) is 10.2. The molecule has 1 aliphatic carbocycles. The standard InChI is InChI=1S/C11H20S/c1-2-9-12-10-11-7-5-3-4-6-8-11/h2,11H,1,3-10H2. The van der Waals surface area contributed by atoms with Gasteiger partial charge in [0.15, 0.2) is 0 Å². The van der Waals surface area contributed by atoms with Crippen molar-refractivity contribution in [2.75, 3.05) is 11.5 Å². The van der Waals surface area contributed by atoms with Crippen molar-refractivity contribution in [1.29, 1.82) is 0 Å². The lowest BCUT2D eigenvalue weighted by Gasteiger charge is -2.11. The Morgan fingerprint density at radius 3 is 2.42 bits per heavy atom. The summed E-state index contributed by atoms with van der Waals surface area (Å²) in [4.78, 5) is 0. The van der Waals surface area contributed by atoms with Crippen LogP contribution in [0.25, 0.3) is 0 Å². The molecule has 70 valence electrons. The molecular weight excluding hydrogens is 164 g/mol. The van der Waals surface area contributed by atoms with Crippen molar-refractivity contribution >= 4 is 11.8 Å². The summed E-state index contributed by atoms with van der Waals surface area (Å²) < 4.78 is 0. The van der Waals surface area contributed by atoms with Gasteiger partial charge >= 0.3 is 0 Å². The molecule has 0 bridgehead atoms. The van der Waals surface area contributed by atoms with Gasteiger partial charge in [-0.05, 0) is 24.5 Å². The summed E-state index contributed by atoms with van der Waals surface area (Å²) in [6.07, 6.45) is 10.9. The third-order valence-corrected chi connectivity index (χ3v) is 3.74. The summed E-state index contributed by atoms with van der Waals surface area (Å²) in [5.74, 6) is 3.51. The fraction of sp³-hybridized carbons (Fsp3) is 0.818. The zero-order valence-electron chi connectivity index (χ0n) is 7.93. The monoisotopic (exact) mass is 184 g/mol. The summed E-state index contributed by atoms with van der Waals surface area (Å²) >= 11 is 2.05. The van der Waals surface area contributed by atoms with Gasteiger partial charge < -0.3 is 0 Å². The predicted octanol–water partition coefficient (Wildman–Crippen LogP) is 3.88. The van der Waals surface area contributed by atoms with Gasteiger partial charge in [0.2, 0.25) is 0 Å². The molecule has 0 atom stereocenters. The Balaban J connectivity index is 2.07. The Hall–Kier alpha value is 0.0900. The number of rotatable bonds is 4. The second-order valence-electron chi connectivity index (χ2n) is 3.68. The smallest absolute Gasteiger partial charge is 0.0110 e. The molecule has 0 nitrogen and oxygen atoms in total. The fourth-order valence-corrected chi connectivity index (χ4v) is 2.82. The van der Waals surface area contributed by atoms with Crippen molar-refractivity contribution in [2.45, 2.75) is 38.5 Å². The van der Waals surface area contributed by atoms with Gasteiger partial charge in [0.1, 0.15) is 0 Å². The van der Waals surface area contributed by atoms with Gasteiger partial charge in [-0.1, -0.05) is 31.8 Å². The highest BCUT2D eigenvalue weighted by molar-refractivity contribution is 7.99. The SMILES string of the molecule is C=CCSCC1CCCCCC1. The highest BCUT2D eigenvalue weighted by Crippen LogP contribution is 2.25. The summed E-state index contributed by atoms with van der Waals surface area (Å²) in [6, 6.07) is 0. The van der Waals surface area contributed by atoms with Crippen LogP contribution in [0.2, 0.25) is 0 Å². The Bertz CT molecular complexity index is 112. The summed E-state index contributed by atoms with van der Waals surface area (Å²) in [5.41, 5.74) is 0. The quantitative estimate of drug-likeness (QED) is 0.363. The lowest BCUT2D eigenvalue weighted by atomic mass is 10.0. The molecule has 1 fully saturated rings. The van der Waals surface area contributed by atoms with Crippen molar-refractivity contribution in [3.05, 3.63) is 12.7 Å². The Labute approximate surface area is 80.8 Å². The molecule has 0 N–H and O–H groups in total. The van der Waals surface area contributed by atoms with E-state index >= 15 is 0 Å². The molecule has 1 aliphatic rings. The molecule has 0 saturated heterocycles.